The van der Waals surface area contributed by atoms with E-state index in [4.69, 9.17) is 0 Å². The SMILES string of the molecule is Cc1ccc(NC(=O)Cc2nc(CSc3nc(C(F)(F)F)nc4ccccc34)cs2)cc1. The average molecular weight is 475 g/mol. The molecule has 2 aromatic carbocycles. The second-order valence-corrected chi connectivity index (χ2v) is 8.89. The number of carbonyl (C=O) groups excluding carboxylic acids is 1. The number of aromatic nitrogens is 3. The number of nitrogens with zero attached hydrogens (tertiary/aromatic N) is 3. The molecule has 0 aliphatic carbocycles. The zero-order valence-electron chi connectivity index (χ0n) is 16.8. The Bertz CT molecular complexity index is 1260. The van der Waals surface area contributed by atoms with E-state index in [2.05, 4.69) is 20.3 Å². The number of amides is 1. The van der Waals surface area contributed by atoms with Crippen molar-refractivity contribution in [1.82, 2.24) is 15.0 Å². The number of halogens is 3. The fourth-order valence-corrected chi connectivity index (χ4v) is 4.71. The lowest BCUT2D eigenvalue weighted by molar-refractivity contribution is -0.145. The first-order valence-corrected chi connectivity index (χ1v) is 11.4. The summed E-state index contributed by atoms with van der Waals surface area (Å²) in [6, 6.07) is 14.1. The van der Waals surface area contributed by atoms with Crippen LogP contribution in [0.2, 0.25) is 0 Å². The highest BCUT2D eigenvalue weighted by molar-refractivity contribution is 7.98. The van der Waals surface area contributed by atoms with Gasteiger partial charge in [0.1, 0.15) is 10.0 Å². The Kier molecular flexibility index (Phi) is 6.43. The molecule has 1 N–H and O–H groups in total. The van der Waals surface area contributed by atoms with E-state index < -0.39 is 12.0 Å². The van der Waals surface area contributed by atoms with Gasteiger partial charge < -0.3 is 5.32 Å². The summed E-state index contributed by atoms with van der Waals surface area (Å²) in [5, 5.41) is 6.06. The van der Waals surface area contributed by atoms with Gasteiger partial charge in [-0.15, -0.1) is 11.3 Å². The van der Waals surface area contributed by atoms with Crippen LogP contribution in [0.5, 0.6) is 0 Å². The molecular formula is C22H17F3N4OS2. The van der Waals surface area contributed by atoms with Crippen LogP contribution in [-0.4, -0.2) is 20.9 Å². The molecule has 5 nitrogen and oxygen atoms in total. The zero-order chi connectivity index (χ0) is 22.7. The monoisotopic (exact) mass is 474 g/mol. The van der Waals surface area contributed by atoms with E-state index >= 15 is 0 Å². The second-order valence-electron chi connectivity index (χ2n) is 6.98. The van der Waals surface area contributed by atoms with Crippen molar-refractivity contribution in [3.05, 3.63) is 76.0 Å². The van der Waals surface area contributed by atoms with Gasteiger partial charge in [-0.2, -0.15) is 13.2 Å². The lowest BCUT2D eigenvalue weighted by Crippen LogP contribution is -2.14. The molecule has 0 saturated carbocycles. The molecule has 2 aromatic heterocycles. The normalized spacial score (nSPS) is 11.6. The maximum Gasteiger partial charge on any atom is 0.451 e. The third-order valence-electron chi connectivity index (χ3n) is 4.42. The van der Waals surface area contributed by atoms with E-state index in [1.807, 2.05) is 31.2 Å². The first-order valence-electron chi connectivity index (χ1n) is 9.54. The van der Waals surface area contributed by atoms with Crippen molar-refractivity contribution < 1.29 is 18.0 Å². The maximum absolute atomic E-state index is 13.2. The van der Waals surface area contributed by atoms with Crippen LogP contribution >= 0.6 is 23.1 Å². The summed E-state index contributed by atoms with van der Waals surface area (Å²) >= 11 is 2.50. The standard InChI is InChI=1S/C22H17F3N4OS2/c1-13-6-8-14(9-7-13)26-18(30)10-19-27-15(11-31-19)12-32-20-16-4-2-3-5-17(16)28-21(29-20)22(23,24)25/h2-9,11H,10,12H2,1H3,(H,26,30). The van der Waals surface area contributed by atoms with Gasteiger partial charge in [-0.1, -0.05) is 47.7 Å². The topological polar surface area (TPSA) is 67.8 Å². The Hall–Kier alpha value is -2.98. The number of alkyl halides is 3. The Labute approximate surface area is 190 Å². The van der Waals surface area contributed by atoms with Crippen molar-refractivity contribution in [3.8, 4) is 0 Å². The number of benzene rings is 2. The first-order chi connectivity index (χ1) is 15.3. The number of para-hydroxylation sites is 1. The number of aryl methyl sites for hydroxylation is 1. The lowest BCUT2D eigenvalue weighted by Gasteiger charge is -2.09. The second kappa shape index (κ2) is 9.25. The molecule has 0 aliphatic heterocycles. The van der Waals surface area contributed by atoms with E-state index in [1.165, 1.54) is 17.4 Å². The van der Waals surface area contributed by atoms with Gasteiger partial charge in [0, 0.05) is 22.2 Å². The molecule has 164 valence electrons. The van der Waals surface area contributed by atoms with Gasteiger partial charge in [-0.05, 0) is 25.1 Å². The summed E-state index contributed by atoms with van der Waals surface area (Å²) in [5.74, 6) is -1.02. The predicted molar refractivity (Wildman–Crippen MR) is 120 cm³/mol. The highest BCUT2D eigenvalue weighted by atomic mass is 32.2. The summed E-state index contributed by atoms with van der Waals surface area (Å²) in [5.41, 5.74) is 2.73. The van der Waals surface area contributed by atoms with E-state index in [-0.39, 0.29) is 22.9 Å². The molecular weight excluding hydrogens is 457 g/mol. The summed E-state index contributed by atoms with van der Waals surface area (Å²) < 4.78 is 39.5. The molecule has 4 aromatic rings. The van der Waals surface area contributed by atoms with Crippen LogP contribution in [0.1, 0.15) is 22.1 Å². The maximum atomic E-state index is 13.2. The number of hydrogen-bond acceptors (Lipinski definition) is 6. The zero-order valence-corrected chi connectivity index (χ0v) is 18.4. The minimum atomic E-state index is -4.63. The minimum absolute atomic E-state index is 0.123. The molecule has 2 heterocycles. The summed E-state index contributed by atoms with van der Waals surface area (Å²) in [4.78, 5) is 24.1. The van der Waals surface area contributed by atoms with Crippen molar-refractivity contribution in [2.24, 2.45) is 0 Å². The van der Waals surface area contributed by atoms with Crippen LogP contribution in [0.3, 0.4) is 0 Å². The largest absolute Gasteiger partial charge is 0.451 e. The highest BCUT2D eigenvalue weighted by Gasteiger charge is 2.35. The molecule has 32 heavy (non-hydrogen) atoms. The quantitative estimate of drug-likeness (QED) is 0.279. The molecule has 0 spiro atoms. The number of nitrogens with one attached hydrogen (secondary N) is 1. The van der Waals surface area contributed by atoms with E-state index in [9.17, 15) is 18.0 Å². The molecule has 0 aliphatic rings. The molecule has 4 rings (SSSR count). The van der Waals surface area contributed by atoms with Crippen molar-refractivity contribution in [3.63, 3.8) is 0 Å². The Morgan fingerprint density at radius 3 is 2.56 bits per heavy atom. The fraction of sp³-hybridized carbons (Fsp3) is 0.182. The Morgan fingerprint density at radius 2 is 1.81 bits per heavy atom. The summed E-state index contributed by atoms with van der Waals surface area (Å²) in [6.45, 7) is 1.97. The average Bonchev–Trinajstić information content (AvgIpc) is 3.20. The molecule has 0 saturated heterocycles. The van der Waals surface area contributed by atoms with Crippen molar-refractivity contribution in [1.29, 1.82) is 0 Å². The van der Waals surface area contributed by atoms with E-state index in [0.717, 1.165) is 17.3 Å². The third-order valence-corrected chi connectivity index (χ3v) is 6.35. The molecule has 0 fully saturated rings. The smallest absolute Gasteiger partial charge is 0.326 e. The van der Waals surface area contributed by atoms with Crippen molar-refractivity contribution in [2.45, 2.75) is 30.3 Å². The van der Waals surface area contributed by atoms with Crippen LogP contribution in [0, 0.1) is 6.92 Å². The minimum Gasteiger partial charge on any atom is -0.326 e. The van der Waals surface area contributed by atoms with Crippen LogP contribution in [0.15, 0.2) is 58.9 Å². The van der Waals surface area contributed by atoms with Crippen molar-refractivity contribution in [2.75, 3.05) is 5.32 Å². The number of carbonyl (C=O) groups is 1. The van der Waals surface area contributed by atoms with E-state index in [1.54, 1.807) is 23.6 Å². The van der Waals surface area contributed by atoms with Crippen LogP contribution in [0.4, 0.5) is 18.9 Å². The Morgan fingerprint density at radius 1 is 1.06 bits per heavy atom. The van der Waals surface area contributed by atoms with Crippen molar-refractivity contribution >= 4 is 45.6 Å². The van der Waals surface area contributed by atoms with Gasteiger partial charge in [0.25, 0.3) is 0 Å². The fourth-order valence-electron chi connectivity index (χ4n) is 2.90. The lowest BCUT2D eigenvalue weighted by atomic mass is 10.2. The third kappa shape index (κ3) is 5.43. The van der Waals surface area contributed by atoms with Crippen LogP contribution < -0.4 is 5.32 Å². The van der Waals surface area contributed by atoms with Gasteiger partial charge in [-0.3, -0.25) is 4.79 Å². The molecule has 0 bridgehead atoms. The molecule has 0 atom stereocenters. The highest BCUT2D eigenvalue weighted by Crippen LogP contribution is 2.33. The summed E-state index contributed by atoms with van der Waals surface area (Å²) in [6.07, 6.45) is -4.50. The predicted octanol–water partition coefficient (Wildman–Crippen LogP) is 5.89. The van der Waals surface area contributed by atoms with Gasteiger partial charge in [0.2, 0.25) is 11.7 Å². The summed E-state index contributed by atoms with van der Waals surface area (Å²) in [7, 11) is 0. The number of thioether (sulfide) groups is 1. The van der Waals surface area contributed by atoms with E-state index in [0.29, 0.717) is 27.5 Å². The molecule has 1 amide bonds. The molecule has 10 heteroatoms. The number of anilines is 1. The number of rotatable bonds is 6. The van der Waals surface area contributed by atoms with Crippen LogP contribution in [0.25, 0.3) is 10.9 Å². The number of hydrogen-bond donors (Lipinski definition) is 1. The number of thiazole rings is 1. The van der Waals surface area contributed by atoms with Gasteiger partial charge >= 0.3 is 6.18 Å². The molecule has 0 radical (unpaired) electrons. The van der Waals surface area contributed by atoms with Crippen LogP contribution in [-0.2, 0) is 23.1 Å². The first kappa shape index (κ1) is 22.2. The Balaban J connectivity index is 1.43. The van der Waals surface area contributed by atoms with Gasteiger partial charge in [0.05, 0.1) is 17.6 Å². The van der Waals surface area contributed by atoms with Gasteiger partial charge in [0.15, 0.2) is 0 Å². The molecule has 0 unspecified atom stereocenters. The van der Waals surface area contributed by atoms with Gasteiger partial charge in [-0.25, -0.2) is 15.0 Å². The number of fused-ring (bicyclic) bond motifs is 1.